The van der Waals surface area contributed by atoms with Crippen LogP contribution in [0.1, 0.15) is 83.4 Å². The van der Waals surface area contributed by atoms with Gasteiger partial charge in [0.2, 0.25) is 5.91 Å². The monoisotopic (exact) mass is 487 g/mol. The summed E-state index contributed by atoms with van der Waals surface area (Å²) >= 11 is 0. The zero-order valence-corrected chi connectivity index (χ0v) is 21.2. The molecule has 6 rings (SSSR count). The third-order valence-electron chi connectivity index (χ3n) is 8.91. The Balaban J connectivity index is 1.13. The summed E-state index contributed by atoms with van der Waals surface area (Å²) in [6.45, 7) is 6.49. The highest BCUT2D eigenvalue weighted by Gasteiger charge is 2.38. The molecule has 4 atom stereocenters. The number of rotatable bonds is 5. The van der Waals surface area contributed by atoms with Crippen LogP contribution in [0, 0.1) is 12.8 Å². The Hall–Kier alpha value is -2.93. The van der Waals surface area contributed by atoms with Crippen molar-refractivity contribution in [3.8, 4) is 0 Å². The first-order valence-corrected chi connectivity index (χ1v) is 13.7. The van der Waals surface area contributed by atoms with E-state index in [-0.39, 0.29) is 11.8 Å². The van der Waals surface area contributed by atoms with E-state index in [0.717, 1.165) is 54.6 Å². The van der Waals surface area contributed by atoms with Crippen LogP contribution in [0.15, 0.2) is 30.5 Å². The summed E-state index contributed by atoms with van der Waals surface area (Å²) < 4.78 is 0. The zero-order chi connectivity index (χ0) is 24.8. The first-order valence-electron chi connectivity index (χ1n) is 13.7. The van der Waals surface area contributed by atoms with Crippen LogP contribution in [-0.4, -0.2) is 45.0 Å². The standard InChI is InChI=1S/C29H37N5O2/c1-17-7-12-27(28(35)30-17)34-16-21-14-19(8-10-23(21)29(34)36)13-20-5-3-4-6-25(20)31-22-9-11-26-24(15-22)18(2)32-33-26/h8,10,14,20,22,25,27,31H,1,3-7,9,11-13,15-16H2,2H3,(H,30,35)(H,32,33)/t20-,22?,25+,27?/m1/s1. The van der Waals surface area contributed by atoms with Gasteiger partial charge < -0.3 is 15.5 Å². The molecule has 190 valence electrons. The molecule has 0 bridgehead atoms. The molecular formula is C29H37N5O2. The summed E-state index contributed by atoms with van der Waals surface area (Å²) in [5, 5.41) is 14.5. The van der Waals surface area contributed by atoms with Crippen LogP contribution >= 0.6 is 0 Å². The van der Waals surface area contributed by atoms with Crippen molar-refractivity contribution in [1.82, 2.24) is 25.7 Å². The van der Waals surface area contributed by atoms with Gasteiger partial charge in [0.05, 0.1) is 5.69 Å². The molecule has 3 N–H and O–H groups in total. The predicted molar refractivity (Wildman–Crippen MR) is 138 cm³/mol. The maximum atomic E-state index is 13.1. The number of nitrogens with one attached hydrogen (secondary N) is 3. The summed E-state index contributed by atoms with van der Waals surface area (Å²) in [7, 11) is 0. The third-order valence-corrected chi connectivity index (χ3v) is 8.91. The number of piperidine rings is 1. The molecule has 2 aromatic rings. The molecule has 1 saturated carbocycles. The molecule has 2 unspecified atom stereocenters. The highest BCUT2D eigenvalue weighted by molar-refractivity contribution is 6.01. The Kier molecular flexibility index (Phi) is 6.20. The van der Waals surface area contributed by atoms with Crippen molar-refractivity contribution in [2.75, 3.05) is 0 Å². The number of aromatic nitrogens is 2. The fourth-order valence-electron chi connectivity index (χ4n) is 6.90. The van der Waals surface area contributed by atoms with E-state index in [0.29, 0.717) is 31.0 Å². The molecule has 36 heavy (non-hydrogen) atoms. The number of carbonyl (C=O) groups is 2. The highest BCUT2D eigenvalue weighted by Crippen LogP contribution is 2.33. The van der Waals surface area contributed by atoms with E-state index < -0.39 is 6.04 Å². The molecule has 4 aliphatic rings. The van der Waals surface area contributed by atoms with E-state index in [1.165, 1.54) is 42.5 Å². The second-order valence-electron chi connectivity index (χ2n) is 11.3. The van der Waals surface area contributed by atoms with Gasteiger partial charge in [-0.1, -0.05) is 31.6 Å². The molecule has 2 amide bonds. The van der Waals surface area contributed by atoms with Crippen LogP contribution in [-0.2, 0) is 30.6 Å². The minimum atomic E-state index is -0.402. The predicted octanol–water partition coefficient (Wildman–Crippen LogP) is 3.71. The van der Waals surface area contributed by atoms with Crippen molar-refractivity contribution in [3.63, 3.8) is 0 Å². The normalized spacial score (nSPS) is 28.1. The minimum absolute atomic E-state index is 0.0207. The number of H-pyrrole nitrogens is 1. The van der Waals surface area contributed by atoms with Crippen molar-refractivity contribution in [2.45, 2.75) is 95.8 Å². The maximum absolute atomic E-state index is 13.1. The van der Waals surface area contributed by atoms with Crippen molar-refractivity contribution in [1.29, 1.82) is 0 Å². The topological polar surface area (TPSA) is 90.1 Å². The number of allylic oxidation sites excluding steroid dienone is 1. The fraction of sp³-hybridized carbons (Fsp3) is 0.552. The average molecular weight is 488 g/mol. The van der Waals surface area contributed by atoms with Gasteiger partial charge in [-0.2, -0.15) is 5.10 Å². The second kappa shape index (κ2) is 9.51. The lowest BCUT2D eigenvalue weighted by Crippen LogP contribution is -2.49. The molecular weight excluding hydrogens is 450 g/mol. The van der Waals surface area contributed by atoms with Gasteiger partial charge >= 0.3 is 0 Å². The van der Waals surface area contributed by atoms with Crippen molar-refractivity contribution < 1.29 is 9.59 Å². The number of aryl methyl sites for hydroxylation is 2. The van der Waals surface area contributed by atoms with Crippen LogP contribution in [0.5, 0.6) is 0 Å². The molecule has 1 saturated heterocycles. The van der Waals surface area contributed by atoms with Crippen LogP contribution in [0.25, 0.3) is 0 Å². The van der Waals surface area contributed by atoms with Crippen molar-refractivity contribution in [3.05, 3.63) is 64.1 Å². The number of amides is 2. The van der Waals surface area contributed by atoms with Crippen LogP contribution in [0.2, 0.25) is 0 Å². The van der Waals surface area contributed by atoms with Gasteiger partial charge in [-0.25, -0.2) is 0 Å². The van der Waals surface area contributed by atoms with Gasteiger partial charge in [0.1, 0.15) is 6.04 Å². The smallest absolute Gasteiger partial charge is 0.255 e. The Morgan fingerprint density at radius 2 is 2.00 bits per heavy atom. The minimum Gasteiger partial charge on any atom is -0.329 e. The van der Waals surface area contributed by atoms with Crippen molar-refractivity contribution >= 4 is 11.8 Å². The van der Waals surface area contributed by atoms with Crippen LogP contribution in [0.3, 0.4) is 0 Å². The Bertz CT molecular complexity index is 1200. The van der Waals surface area contributed by atoms with Gasteiger partial charge in [0.15, 0.2) is 0 Å². The molecule has 7 heteroatoms. The lowest BCUT2D eigenvalue weighted by molar-refractivity contribution is -0.126. The van der Waals surface area contributed by atoms with Gasteiger partial charge in [0, 0.05) is 35.6 Å². The molecule has 1 aromatic heterocycles. The Morgan fingerprint density at radius 3 is 2.86 bits per heavy atom. The Labute approximate surface area is 213 Å². The number of nitrogens with zero attached hydrogens (tertiary/aromatic N) is 2. The third kappa shape index (κ3) is 4.38. The first-order chi connectivity index (χ1) is 17.5. The van der Waals surface area contributed by atoms with Gasteiger partial charge in [-0.05, 0) is 87.0 Å². The number of fused-ring (bicyclic) bond motifs is 2. The second-order valence-corrected chi connectivity index (χ2v) is 11.3. The van der Waals surface area contributed by atoms with E-state index in [4.69, 9.17) is 0 Å². The quantitative estimate of drug-likeness (QED) is 0.600. The molecule has 3 heterocycles. The average Bonchev–Trinajstić information content (AvgIpc) is 3.39. The van der Waals surface area contributed by atoms with Gasteiger partial charge in [-0.15, -0.1) is 0 Å². The molecule has 2 aliphatic heterocycles. The molecule has 2 fully saturated rings. The van der Waals surface area contributed by atoms with Crippen LogP contribution in [0.4, 0.5) is 0 Å². The summed E-state index contributed by atoms with van der Waals surface area (Å²) in [6.07, 6.45) is 10.8. The summed E-state index contributed by atoms with van der Waals surface area (Å²) in [4.78, 5) is 27.4. The van der Waals surface area contributed by atoms with E-state index in [1.54, 1.807) is 4.90 Å². The number of carbonyl (C=O) groups excluding carboxylic acids is 2. The lowest BCUT2D eigenvalue weighted by Gasteiger charge is -2.36. The van der Waals surface area contributed by atoms with Gasteiger partial charge in [0.25, 0.3) is 5.91 Å². The summed E-state index contributed by atoms with van der Waals surface area (Å²) in [5.41, 5.74) is 7.74. The largest absolute Gasteiger partial charge is 0.329 e. The molecule has 2 aliphatic carbocycles. The number of aromatic amines is 1. The lowest BCUT2D eigenvalue weighted by atomic mass is 9.79. The highest BCUT2D eigenvalue weighted by atomic mass is 16.2. The van der Waals surface area contributed by atoms with Crippen LogP contribution < -0.4 is 10.6 Å². The van der Waals surface area contributed by atoms with E-state index >= 15 is 0 Å². The summed E-state index contributed by atoms with van der Waals surface area (Å²) in [5.74, 6) is 0.476. The maximum Gasteiger partial charge on any atom is 0.255 e. The first kappa shape index (κ1) is 23.5. The number of benzene rings is 1. The van der Waals surface area contributed by atoms with E-state index in [2.05, 4.69) is 46.5 Å². The van der Waals surface area contributed by atoms with Crippen molar-refractivity contribution in [2.24, 2.45) is 5.92 Å². The fourth-order valence-corrected chi connectivity index (χ4v) is 6.90. The molecule has 7 nitrogen and oxygen atoms in total. The zero-order valence-electron chi connectivity index (χ0n) is 21.2. The number of hydrogen-bond donors (Lipinski definition) is 3. The Morgan fingerprint density at radius 1 is 1.14 bits per heavy atom. The molecule has 1 aromatic carbocycles. The molecule has 0 radical (unpaired) electrons. The van der Waals surface area contributed by atoms with E-state index in [1.807, 2.05) is 6.07 Å². The van der Waals surface area contributed by atoms with E-state index in [9.17, 15) is 9.59 Å². The van der Waals surface area contributed by atoms with Gasteiger partial charge in [-0.3, -0.25) is 14.7 Å². The summed E-state index contributed by atoms with van der Waals surface area (Å²) in [6, 6.07) is 6.99. The SMILES string of the molecule is C=C1CCC(N2Cc3cc(C[C@H]4CCCC[C@@H]4NC4CCc5[nH]nc(C)c5C4)ccc3C2=O)C(=O)N1. The number of hydrogen-bond acceptors (Lipinski definition) is 4. The molecule has 0 spiro atoms.